The first-order valence-corrected chi connectivity index (χ1v) is 16.1. The van der Waals surface area contributed by atoms with Crippen LogP contribution in [-0.2, 0) is 42.9 Å². The molecule has 0 unspecified atom stereocenters. The van der Waals surface area contributed by atoms with Crippen LogP contribution in [0.5, 0.6) is 28.7 Å². The van der Waals surface area contributed by atoms with Crippen LogP contribution in [0, 0.1) is 0 Å². The fraction of sp³-hybridized carbons (Fsp3) is 0.424. The van der Waals surface area contributed by atoms with Crippen LogP contribution in [0.3, 0.4) is 0 Å². The molecule has 2 aliphatic rings. The van der Waals surface area contributed by atoms with E-state index in [4.69, 9.17) is 43.1 Å². The van der Waals surface area contributed by atoms with Crippen molar-refractivity contribution in [3.63, 3.8) is 0 Å². The Balaban J connectivity index is 1.49. The Morgan fingerprint density at radius 3 is 1.85 bits per heavy atom. The van der Waals surface area contributed by atoms with E-state index in [1.165, 1.54) is 6.07 Å². The van der Waals surface area contributed by atoms with Crippen molar-refractivity contribution >= 4 is 34.8 Å². The van der Waals surface area contributed by atoms with E-state index in [0.29, 0.717) is 0 Å². The molecular formula is C33H35O22+. The maximum Gasteiger partial charge on any atom is 0.402 e. The number of fused-ring (bicyclic) bond motifs is 1. The zero-order chi connectivity index (χ0) is 40.3. The molecule has 2 aliphatic heterocycles. The Morgan fingerprint density at radius 2 is 1.25 bits per heavy atom. The second-order valence-electron chi connectivity index (χ2n) is 12.3. The van der Waals surface area contributed by atoms with E-state index in [0.717, 1.165) is 30.3 Å². The van der Waals surface area contributed by atoms with Gasteiger partial charge in [-0.3, -0.25) is 19.2 Å². The SMILES string of the molecule is O=C(O)CC(=O)OC[C@H]1O[C@@H](O[C@@H]2[C@@H](O)[C@H](Oc3cc4c(O)cc(O)cc4[o+]c3-c3ccc(O)c(O)c3)O[C@H](COC(=O)CC(=O)O)[C@H]2O)[C@H](O)[C@@H](O)[C@@H]1O. The zero-order valence-corrected chi connectivity index (χ0v) is 28.0. The number of benzene rings is 2. The van der Waals surface area contributed by atoms with Gasteiger partial charge in [0.25, 0.3) is 0 Å². The average molecular weight is 784 g/mol. The number of rotatable bonds is 13. The van der Waals surface area contributed by atoms with E-state index >= 15 is 0 Å². The monoisotopic (exact) mass is 783 g/mol. The molecule has 2 aromatic carbocycles. The lowest BCUT2D eigenvalue weighted by Crippen LogP contribution is -2.65. The number of aliphatic carboxylic acids is 2. The van der Waals surface area contributed by atoms with Crippen molar-refractivity contribution in [2.75, 3.05) is 13.2 Å². The van der Waals surface area contributed by atoms with Crippen LogP contribution in [0.15, 0.2) is 40.8 Å². The Hall–Kier alpha value is -5.59. The number of carbonyl (C=O) groups is 4. The molecule has 298 valence electrons. The van der Waals surface area contributed by atoms with Crippen LogP contribution in [0.25, 0.3) is 22.3 Å². The van der Waals surface area contributed by atoms with Crippen molar-refractivity contribution in [1.29, 1.82) is 0 Å². The zero-order valence-electron chi connectivity index (χ0n) is 28.0. The highest BCUT2D eigenvalue weighted by atomic mass is 16.7. The highest BCUT2D eigenvalue weighted by Crippen LogP contribution is 2.42. The molecule has 22 heteroatoms. The first kappa shape index (κ1) is 40.6. The molecule has 0 spiro atoms. The van der Waals surface area contributed by atoms with Crippen LogP contribution in [0.4, 0.5) is 0 Å². The molecule has 55 heavy (non-hydrogen) atoms. The number of hydrogen-bond acceptors (Lipinski definition) is 19. The Bertz CT molecular complexity index is 1920. The number of carboxylic acid groups (broad SMARTS) is 2. The Morgan fingerprint density at radius 1 is 0.655 bits per heavy atom. The van der Waals surface area contributed by atoms with Gasteiger partial charge in [0.05, 0.1) is 11.6 Å². The lowest BCUT2D eigenvalue weighted by Gasteiger charge is -2.45. The number of phenolic OH excluding ortho intramolecular Hbond substituents is 4. The largest absolute Gasteiger partial charge is 0.507 e. The minimum Gasteiger partial charge on any atom is -0.507 e. The van der Waals surface area contributed by atoms with Crippen LogP contribution in [0.1, 0.15) is 12.8 Å². The van der Waals surface area contributed by atoms with Crippen molar-refractivity contribution < 1.29 is 108 Å². The predicted octanol–water partition coefficient (Wildman–Crippen LogP) is -1.74. The van der Waals surface area contributed by atoms with Gasteiger partial charge in [-0.05, 0) is 12.1 Å². The number of ether oxygens (including phenoxy) is 6. The van der Waals surface area contributed by atoms with Crippen molar-refractivity contribution in [2.24, 2.45) is 0 Å². The molecule has 11 N–H and O–H groups in total. The van der Waals surface area contributed by atoms with Crippen LogP contribution < -0.4 is 4.74 Å². The summed E-state index contributed by atoms with van der Waals surface area (Å²) in [6.07, 6.45) is -21.8. The Labute approximate surface area is 307 Å². The third kappa shape index (κ3) is 9.38. The molecule has 5 rings (SSSR count). The van der Waals surface area contributed by atoms with Crippen molar-refractivity contribution in [3.05, 3.63) is 36.4 Å². The summed E-state index contributed by atoms with van der Waals surface area (Å²) in [5, 5.41) is 113. The molecule has 3 aromatic rings. The summed E-state index contributed by atoms with van der Waals surface area (Å²) < 4.78 is 38.4. The molecule has 0 bridgehead atoms. The number of phenols is 4. The fourth-order valence-electron chi connectivity index (χ4n) is 5.58. The molecule has 22 nitrogen and oxygen atoms in total. The first-order valence-electron chi connectivity index (χ1n) is 16.1. The topological polar surface area (TPSA) is 357 Å². The number of aromatic hydroxyl groups is 4. The van der Waals surface area contributed by atoms with Crippen molar-refractivity contribution in [1.82, 2.24) is 0 Å². The standard InChI is InChI=1S/C33H34O22/c34-12-4-15(36)13-6-18(30(51-17(13)5-12)11-1-2-14(35)16(37)3-11)52-33-29(48)31(26(45)20(54-33)10-50-24(43)8-22(40)41)55-32-28(47)27(46)25(44)19(53-32)9-49-23(42)7-21(38)39/h1-6,19-20,25-29,31-33,44-48H,7-10H2,(H5-,34,35,36,37,38,39,40,41)/p+1/t19-,20-,25-,26-,27+,28-,29-,31+,32+,33-/m1/s1. The molecule has 3 heterocycles. The number of aliphatic hydroxyl groups is 5. The molecule has 0 aliphatic carbocycles. The molecule has 2 fully saturated rings. The number of carbonyl (C=O) groups excluding carboxylic acids is 2. The molecule has 2 saturated heterocycles. The maximum absolute atomic E-state index is 12.1. The fourth-order valence-corrected chi connectivity index (χ4v) is 5.58. The molecule has 0 saturated carbocycles. The molecule has 0 radical (unpaired) electrons. The second kappa shape index (κ2) is 16.8. The third-order valence-corrected chi connectivity index (χ3v) is 8.31. The lowest BCUT2D eigenvalue weighted by atomic mass is 9.97. The van der Waals surface area contributed by atoms with Crippen LogP contribution >= 0.6 is 0 Å². The number of hydrogen-bond donors (Lipinski definition) is 11. The maximum atomic E-state index is 12.1. The van der Waals surface area contributed by atoms with E-state index in [9.17, 15) is 65.1 Å². The predicted molar refractivity (Wildman–Crippen MR) is 172 cm³/mol. The van der Waals surface area contributed by atoms with Gasteiger partial charge in [-0.2, -0.15) is 0 Å². The van der Waals surface area contributed by atoms with Crippen LogP contribution in [0.2, 0.25) is 0 Å². The molecule has 1 aromatic heterocycles. The smallest absolute Gasteiger partial charge is 0.402 e. The van der Waals surface area contributed by atoms with E-state index in [1.54, 1.807) is 0 Å². The van der Waals surface area contributed by atoms with E-state index in [-0.39, 0.29) is 28.0 Å². The highest BCUT2D eigenvalue weighted by Gasteiger charge is 2.52. The van der Waals surface area contributed by atoms with Crippen molar-refractivity contribution in [3.8, 4) is 40.1 Å². The summed E-state index contributed by atoms with van der Waals surface area (Å²) in [7, 11) is 0. The lowest BCUT2D eigenvalue weighted by molar-refractivity contribution is -0.353. The second-order valence-corrected chi connectivity index (χ2v) is 12.3. The van der Waals surface area contributed by atoms with Gasteiger partial charge in [0.2, 0.25) is 12.0 Å². The van der Waals surface area contributed by atoms with Crippen molar-refractivity contribution in [2.45, 2.75) is 74.3 Å². The Kier molecular flexibility index (Phi) is 12.4. The third-order valence-electron chi connectivity index (χ3n) is 8.31. The summed E-state index contributed by atoms with van der Waals surface area (Å²) in [4.78, 5) is 45.7. The quantitative estimate of drug-likeness (QED) is 0.0396. The highest BCUT2D eigenvalue weighted by molar-refractivity contribution is 5.91. The van der Waals surface area contributed by atoms with Gasteiger partial charge in [-0.25, -0.2) is 4.42 Å². The van der Waals surface area contributed by atoms with Gasteiger partial charge in [-0.15, -0.1) is 0 Å². The first-order chi connectivity index (χ1) is 25.9. The van der Waals surface area contributed by atoms with E-state index in [2.05, 4.69) is 0 Å². The summed E-state index contributed by atoms with van der Waals surface area (Å²) in [5.74, 6) is -8.28. The van der Waals surface area contributed by atoms with Gasteiger partial charge in [0, 0.05) is 18.2 Å². The molecule has 10 atom stereocenters. The van der Waals surface area contributed by atoms with E-state index in [1.807, 2.05) is 0 Å². The van der Waals surface area contributed by atoms with Gasteiger partial charge < -0.3 is 84.6 Å². The van der Waals surface area contributed by atoms with Gasteiger partial charge in [-0.1, -0.05) is 0 Å². The molecular weight excluding hydrogens is 748 g/mol. The average Bonchev–Trinajstić information content (AvgIpc) is 3.10. The summed E-state index contributed by atoms with van der Waals surface area (Å²) in [6.45, 7) is -1.74. The summed E-state index contributed by atoms with van der Waals surface area (Å²) >= 11 is 0. The number of esters is 2. The number of carboxylic acids is 2. The van der Waals surface area contributed by atoms with Gasteiger partial charge >= 0.3 is 35.2 Å². The minimum absolute atomic E-state index is 0.0219. The normalized spacial score (nSPS) is 27.9. The minimum atomic E-state index is -2.13. The van der Waals surface area contributed by atoms with Gasteiger partial charge in [0.1, 0.15) is 91.8 Å². The summed E-state index contributed by atoms with van der Waals surface area (Å²) in [6, 6.07) is 6.65. The number of aliphatic hydroxyl groups excluding tert-OH is 5. The summed E-state index contributed by atoms with van der Waals surface area (Å²) in [5.41, 5.74) is -0.0987. The molecule has 0 amide bonds. The van der Waals surface area contributed by atoms with E-state index < -0.39 is 134 Å². The van der Waals surface area contributed by atoms with Gasteiger partial charge in [0.15, 0.2) is 17.8 Å². The van der Waals surface area contributed by atoms with Crippen LogP contribution in [-0.4, -0.2) is 155 Å².